The minimum absolute atomic E-state index is 0. The maximum Gasteiger partial charge on any atom is 0.133 e. The smallest absolute Gasteiger partial charge is 0.133 e. The molecule has 0 bridgehead atoms. The van der Waals surface area contributed by atoms with Crippen molar-refractivity contribution in [3.8, 4) is 0 Å². The molecule has 0 aromatic carbocycles. The lowest BCUT2D eigenvalue weighted by molar-refractivity contribution is 0.399. The van der Waals surface area contributed by atoms with Gasteiger partial charge in [0.25, 0.3) is 0 Å². The van der Waals surface area contributed by atoms with Crippen LogP contribution in [-0.2, 0) is 5.54 Å². The number of imidazole rings is 1. The van der Waals surface area contributed by atoms with E-state index < -0.39 is 0 Å². The summed E-state index contributed by atoms with van der Waals surface area (Å²) in [5.74, 6) is 1.59. The van der Waals surface area contributed by atoms with Crippen LogP contribution in [0.15, 0.2) is 24.5 Å². The third-order valence-corrected chi connectivity index (χ3v) is 3.69. The summed E-state index contributed by atoms with van der Waals surface area (Å²) in [6, 6.07) is 4.16. The molecule has 2 heterocycles. The largest absolute Gasteiger partial charge is 0.319 e. The molecule has 0 spiro atoms. The van der Waals surface area contributed by atoms with E-state index in [-0.39, 0.29) is 17.9 Å². The van der Waals surface area contributed by atoms with Crippen molar-refractivity contribution in [1.82, 2.24) is 9.38 Å². The van der Waals surface area contributed by atoms with E-state index in [1.54, 1.807) is 0 Å². The zero-order valence-electron chi connectivity index (χ0n) is 10.2. The third kappa shape index (κ3) is 1.83. The van der Waals surface area contributed by atoms with Crippen molar-refractivity contribution in [3.63, 3.8) is 0 Å². The zero-order valence-corrected chi connectivity index (χ0v) is 11.0. The molecule has 1 aliphatic rings. The standard InChI is InChI=1S/C13H17N3.ClH/c1-9-4-3-7-16-11(9)8-15-12(16)13(2,14)10-5-6-10;/h3-4,7-8,10H,5-6,14H2,1-2H3;1H. The minimum Gasteiger partial charge on any atom is -0.319 e. The summed E-state index contributed by atoms with van der Waals surface area (Å²) >= 11 is 0. The van der Waals surface area contributed by atoms with Crippen molar-refractivity contribution in [2.75, 3.05) is 0 Å². The van der Waals surface area contributed by atoms with E-state index in [1.807, 2.05) is 6.20 Å². The van der Waals surface area contributed by atoms with Crippen LogP contribution < -0.4 is 5.73 Å². The van der Waals surface area contributed by atoms with Crippen LogP contribution in [0.1, 0.15) is 31.2 Å². The van der Waals surface area contributed by atoms with Crippen molar-refractivity contribution in [3.05, 3.63) is 35.9 Å². The molecule has 2 aromatic heterocycles. The average molecular weight is 252 g/mol. The van der Waals surface area contributed by atoms with E-state index in [9.17, 15) is 0 Å². The zero-order chi connectivity index (χ0) is 11.3. The van der Waals surface area contributed by atoms with Crippen molar-refractivity contribution < 1.29 is 0 Å². The van der Waals surface area contributed by atoms with Gasteiger partial charge >= 0.3 is 0 Å². The molecule has 3 rings (SSSR count). The summed E-state index contributed by atoms with van der Waals surface area (Å²) in [4.78, 5) is 4.53. The maximum atomic E-state index is 6.42. The lowest BCUT2D eigenvalue weighted by atomic mass is 9.96. The fourth-order valence-corrected chi connectivity index (χ4v) is 2.43. The van der Waals surface area contributed by atoms with Crippen molar-refractivity contribution in [2.24, 2.45) is 11.7 Å². The molecule has 3 nitrogen and oxygen atoms in total. The predicted octanol–water partition coefficient (Wildman–Crippen LogP) is 2.65. The SMILES string of the molecule is Cc1cccn2c(C(C)(N)C3CC3)ncc12.Cl. The van der Waals surface area contributed by atoms with E-state index in [0.717, 1.165) is 11.3 Å². The highest BCUT2D eigenvalue weighted by atomic mass is 35.5. The monoisotopic (exact) mass is 251 g/mol. The highest BCUT2D eigenvalue weighted by Gasteiger charge is 2.42. The Kier molecular flexibility index (Phi) is 2.92. The highest BCUT2D eigenvalue weighted by molar-refractivity contribution is 5.85. The number of halogens is 1. The first kappa shape index (κ1) is 12.4. The van der Waals surface area contributed by atoms with Gasteiger partial charge in [-0.25, -0.2) is 4.98 Å². The number of fused-ring (bicyclic) bond motifs is 1. The first-order valence-electron chi connectivity index (χ1n) is 5.83. The number of aromatic nitrogens is 2. The highest BCUT2D eigenvalue weighted by Crippen LogP contribution is 2.43. The maximum absolute atomic E-state index is 6.42. The minimum atomic E-state index is -0.291. The van der Waals surface area contributed by atoms with Crippen LogP contribution in [0.5, 0.6) is 0 Å². The van der Waals surface area contributed by atoms with Gasteiger partial charge in [-0.15, -0.1) is 12.4 Å². The topological polar surface area (TPSA) is 43.3 Å². The second kappa shape index (κ2) is 4.00. The lowest BCUT2D eigenvalue weighted by Gasteiger charge is -2.23. The van der Waals surface area contributed by atoms with Crippen LogP contribution in [0, 0.1) is 12.8 Å². The molecule has 0 amide bonds. The van der Waals surface area contributed by atoms with Gasteiger partial charge < -0.3 is 10.1 Å². The summed E-state index contributed by atoms with van der Waals surface area (Å²) in [7, 11) is 0. The van der Waals surface area contributed by atoms with Gasteiger partial charge in [0.2, 0.25) is 0 Å². The lowest BCUT2D eigenvalue weighted by Crippen LogP contribution is -2.37. The van der Waals surface area contributed by atoms with Gasteiger partial charge in [0.1, 0.15) is 5.82 Å². The normalized spacial score (nSPS) is 18.8. The van der Waals surface area contributed by atoms with E-state index in [0.29, 0.717) is 5.92 Å². The van der Waals surface area contributed by atoms with Gasteiger partial charge in [0.05, 0.1) is 17.3 Å². The van der Waals surface area contributed by atoms with Crippen LogP contribution >= 0.6 is 12.4 Å². The quantitative estimate of drug-likeness (QED) is 0.892. The Bertz CT molecular complexity index is 541. The van der Waals surface area contributed by atoms with Crippen LogP contribution in [0.25, 0.3) is 5.52 Å². The number of pyridine rings is 1. The number of nitrogens with zero attached hydrogens (tertiary/aromatic N) is 2. The second-order valence-corrected chi connectivity index (χ2v) is 5.09. The fourth-order valence-electron chi connectivity index (χ4n) is 2.43. The van der Waals surface area contributed by atoms with Gasteiger partial charge in [0, 0.05) is 6.20 Å². The van der Waals surface area contributed by atoms with E-state index >= 15 is 0 Å². The molecule has 0 aliphatic heterocycles. The number of hydrogen-bond acceptors (Lipinski definition) is 2. The number of rotatable bonds is 2. The van der Waals surface area contributed by atoms with Crippen LogP contribution in [-0.4, -0.2) is 9.38 Å². The Balaban J connectivity index is 0.00000108. The first-order chi connectivity index (χ1) is 7.60. The molecular weight excluding hydrogens is 234 g/mol. The Morgan fingerprint density at radius 2 is 2.18 bits per heavy atom. The molecule has 1 fully saturated rings. The van der Waals surface area contributed by atoms with Gasteiger partial charge in [-0.2, -0.15) is 0 Å². The molecule has 1 atom stereocenters. The Morgan fingerprint density at radius 1 is 1.47 bits per heavy atom. The molecule has 4 heteroatoms. The van der Waals surface area contributed by atoms with Crippen molar-refractivity contribution >= 4 is 17.9 Å². The molecule has 1 unspecified atom stereocenters. The average Bonchev–Trinajstić information content (AvgIpc) is 2.99. The van der Waals surface area contributed by atoms with Crippen LogP contribution in [0.2, 0.25) is 0 Å². The van der Waals surface area contributed by atoms with Crippen molar-refractivity contribution in [1.29, 1.82) is 0 Å². The van der Waals surface area contributed by atoms with E-state index in [2.05, 4.69) is 41.6 Å². The first-order valence-corrected chi connectivity index (χ1v) is 5.83. The van der Waals surface area contributed by atoms with Crippen molar-refractivity contribution in [2.45, 2.75) is 32.2 Å². The van der Waals surface area contributed by atoms with Gasteiger partial charge in [-0.1, -0.05) is 6.07 Å². The fraction of sp³-hybridized carbons (Fsp3) is 0.462. The molecule has 17 heavy (non-hydrogen) atoms. The summed E-state index contributed by atoms with van der Waals surface area (Å²) in [5, 5.41) is 0. The Hall–Kier alpha value is -1.06. The Labute approximate surface area is 107 Å². The Morgan fingerprint density at radius 3 is 2.82 bits per heavy atom. The summed E-state index contributed by atoms with van der Waals surface area (Å²) < 4.78 is 2.13. The summed E-state index contributed by atoms with van der Waals surface area (Å²) in [5.41, 5.74) is 8.53. The summed E-state index contributed by atoms with van der Waals surface area (Å²) in [6.45, 7) is 4.20. The molecule has 2 N–H and O–H groups in total. The second-order valence-electron chi connectivity index (χ2n) is 5.09. The molecule has 1 aliphatic carbocycles. The number of nitrogens with two attached hydrogens (primary N) is 1. The molecule has 92 valence electrons. The van der Waals surface area contributed by atoms with Crippen LogP contribution in [0.3, 0.4) is 0 Å². The molecule has 0 saturated heterocycles. The van der Waals surface area contributed by atoms with Gasteiger partial charge in [-0.3, -0.25) is 0 Å². The molecule has 2 aromatic rings. The molecule has 0 radical (unpaired) electrons. The van der Waals surface area contributed by atoms with Gasteiger partial charge in [-0.05, 0) is 44.2 Å². The third-order valence-electron chi connectivity index (χ3n) is 3.69. The van der Waals surface area contributed by atoms with Crippen LogP contribution in [0.4, 0.5) is 0 Å². The molecule has 1 saturated carbocycles. The predicted molar refractivity (Wildman–Crippen MR) is 71.4 cm³/mol. The number of aryl methyl sites for hydroxylation is 1. The van der Waals surface area contributed by atoms with E-state index in [4.69, 9.17) is 5.73 Å². The summed E-state index contributed by atoms with van der Waals surface area (Å²) in [6.07, 6.45) is 6.44. The number of hydrogen-bond donors (Lipinski definition) is 1. The van der Waals surface area contributed by atoms with E-state index in [1.165, 1.54) is 18.4 Å². The van der Waals surface area contributed by atoms with Gasteiger partial charge in [0.15, 0.2) is 0 Å². The molecular formula is C13H18ClN3.